The van der Waals surface area contributed by atoms with Gasteiger partial charge in [0.25, 0.3) is 0 Å². The Kier molecular flexibility index (Phi) is 15.7. The number of benzene rings is 2. The van der Waals surface area contributed by atoms with Gasteiger partial charge in [0.1, 0.15) is 21.4 Å². The lowest BCUT2D eigenvalue weighted by atomic mass is 9.89. The van der Waals surface area contributed by atoms with Gasteiger partial charge in [-0.2, -0.15) is 13.2 Å². The van der Waals surface area contributed by atoms with Crippen LogP contribution in [0.4, 0.5) is 17.6 Å². The number of hydrogen-bond donors (Lipinski definition) is 1. The normalized spacial score (nSPS) is 13.9. The van der Waals surface area contributed by atoms with Crippen LogP contribution < -0.4 is 0 Å². The van der Waals surface area contributed by atoms with Crippen LogP contribution in [0.1, 0.15) is 100 Å². The molecule has 1 aliphatic rings. The number of aryl methyl sites for hydroxylation is 1. The number of allylic oxidation sites excluding steroid dienone is 2. The van der Waals surface area contributed by atoms with Gasteiger partial charge in [0.15, 0.2) is 0 Å². The van der Waals surface area contributed by atoms with E-state index >= 15 is 0 Å². The van der Waals surface area contributed by atoms with Gasteiger partial charge >= 0.3 is 12.1 Å². The summed E-state index contributed by atoms with van der Waals surface area (Å²) >= 11 is 0. The van der Waals surface area contributed by atoms with Crippen LogP contribution in [0.15, 0.2) is 42.5 Å². The van der Waals surface area contributed by atoms with E-state index in [1.54, 1.807) is 6.07 Å². The van der Waals surface area contributed by atoms with E-state index in [2.05, 4.69) is 4.90 Å². The van der Waals surface area contributed by atoms with Crippen LogP contribution in [-0.2, 0) is 25.8 Å². The van der Waals surface area contributed by atoms with Crippen molar-refractivity contribution in [3.05, 3.63) is 65.0 Å². The summed E-state index contributed by atoms with van der Waals surface area (Å²) in [7, 11) is -2.18. The van der Waals surface area contributed by atoms with Gasteiger partial charge in [0.2, 0.25) is 0 Å². The number of ether oxygens (including phenoxy) is 1. The second-order valence-electron chi connectivity index (χ2n) is 12.4. The third-order valence-corrected chi connectivity index (χ3v) is 10.5. The lowest BCUT2D eigenvalue weighted by Crippen LogP contribution is -2.28. The minimum atomic E-state index is -4.35. The lowest BCUT2D eigenvalue weighted by molar-refractivity contribution is -0.140. The molecule has 0 saturated carbocycles. The number of unbranched alkanes of at least 4 members (excludes halogenated alkanes) is 4. The number of esters is 1. The molecule has 262 valence electrons. The minimum Gasteiger partial charge on any atom is -0.508 e. The largest absolute Gasteiger partial charge is 0.508 e. The highest BCUT2D eigenvalue weighted by Crippen LogP contribution is 2.39. The monoisotopic (exact) mass is 683 g/mol. The molecule has 0 heterocycles. The van der Waals surface area contributed by atoms with Crippen molar-refractivity contribution in [2.75, 3.05) is 38.2 Å². The summed E-state index contributed by atoms with van der Waals surface area (Å²) in [4.78, 5) is 13.8. The van der Waals surface area contributed by atoms with E-state index < -0.39 is 34.6 Å². The molecule has 0 aromatic heterocycles. The van der Waals surface area contributed by atoms with E-state index in [0.717, 1.165) is 74.6 Å². The topological polar surface area (TPSA) is 83.9 Å². The van der Waals surface area contributed by atoms with Crippen molar-refractivity contribution in [2.24, 2.45) is 0 Å². The van der Waals surface area contributed by atoms with Crippen molar-refractivity contribution in [3.8, 4) is 5.75 Å². The molecule has 0 aliphatic heterocycles. The maximum Gasteiger partial charge on any atom is 0.389 e. The smallest absolute Gasteiger partial charge is 0.389 e. The fraction of sp³-hybridized carbons (Fsp3) is 0.583. The molecule has 0 unspecified atom stereocenters. The van der Waals surface area contributed by atoms with Gasteiger partial charge in [-0.05, 0) is 136 Å². The summed E-state index contributed by atoms with van der Waals surface area (Å²) < 4.78 is 79.9. The molecule has 0 saturated heterocycles. The van der Waals surface area contributed by atoms with Crippen molar-refractivity contribution >= 4 is 27.0 Å². The molecule has 47 heavy (non-hydrogen) atoms. The molecule has 6 nitrogen and oxygen atoms in total. The average Bonchev–Trinajstić information content (AvgIpc) is 3.18. The lowest BCUT2D eigenvalue weighted by Gasteiger charge is -2.22. The number of methoxy groups -OCH3 is 1. The number of fused-ring (bicyclic) bond motifs is 1. The number of carbonyl (C=O) groups is 1. The number of hydrogen-bond acceptors (Lipinski definition) is 6. The first-order valence-electron chi connectivity index (χ1n) is 16.7. The number of aromatic hydroxyl groups is 1. The molecule has 0 atom stereocenters. The Balaban J connectivity index is 1.52. The molecule has 2 aromatic carbocycles. The van der Waals surface area contributed by atoms with E-state index in [1.165, 1.54) is 30.4 Å². The highest BCUT2D eigenvalue weighted by molar-refractivity contribution is 7.91. The maximum atomic E-state index is 13.7. The van der Waals surface area contributed by atoms with Crippen LogP contribution in [0.5, 0.6) is 5.75 Å². The van der Waals surface area contributed by atoms with Gasteiger partial charge in [-0.25, -0.2) is 12.8 Å². The molecule has 0 radical (unpaired) electrons. The molecule has 0 fully saturated rings. The van der Waals surface area contributed by atoms with Crippen LogP contribution in [0, 0.1) is 5.82 Å². The Labute approximate surface area is 277 Å². The summed E-state index contributed by atoms with van der Waals surface area (Å²) in [6.07, 6.45) is 3.50. The van der Waals surface area contributed by atoms with E-state index in [1.807, 2.05) is 24.3 Å². The van der Waals surface area contributed by atoms with E-state index in [9.17, 15) is 35.9 Å². The number of halogens is 4. The van der Waals surface area contributed by atoms with Crippen molar-refractivity contribution in [1.29, 1.82) is 0 Å². The highest BCUT2D eigenvalue weighted by atomic mass is 32.2. The number of phenols is 1. The molecular formula is C36H49F4NO5S. The molecule has 0 amide bonds. The van der Waals surface area contributed by atoms with E-state index in [-0.39, 0.29) is 23.3 Å². The van der Waals surface area contributed by atoms with Crippen LogP contribution in [0.2, 0.25) is 0 Å². The van der Waals surface area contributed by atoms with Gasteiger partial charge in [-0.3, -0.25) is 4.79 Å². The predicted octanol–water partition coefficient (Wildman–Crippen LogP) is 8.52. The first-order chi connectivity index (χ1) is 22.4. The Bertz CT molecular complexity index is 1410. The zero-order valence-electron chi connectivity index (χ0n) is 27.4. The maximum absolute atomic E-state index is 13.7. The Morgan fingerprint density at radius 2 is 1.53 bits per heavy atom. The van der Waals surface area contributed by atoms with Gasteiger partial charge in [-0.15, -0.1) is 0 Å². The standard InChI is InChI=1S/C36H49F4NO5S/c1-46-35(43)14-9-24-41(23-6-7-25-47(44,45)26-10-21-36(38,39)40)22-5-3-2-4-12-34-32(28-15-17-30(37)18-16-28)13-8-11-29-27-31(42)19-20-33(29)34/h15-20,27,42H,2-14,21-26H2,1H3. The Morgan fingerprint density at radius 3 is 2.23 bits per heavy atom. The zero-order chi connectivity index (χ0) is 34.3. The minimum absolute atomic E-state index is 0.126. The quantitative estimate of drug-likeness (QED) is 0.0856. The summed E-state index contributed by atoms with van der Waals surface area (Å²) in [6.45, 7) is 2.12. The van der Waals surface area contributed by atoms with Crippen LogP contribution in [-0.4, -0.2) is 68.8 Å². The summed E-state index contributed by atoms with van der Waals surface area (Å²) in [5.74, 6) is -0.865. The summed E-state index contributed by atoms with van der Waals surface area (Å²) in [5, 5.41) is 10.1. The van der Waals surface area contributed by atoms with Crippen molar-refractivity contribution in [3.63, 3.8) is 0 Å². The molecule has 11 heteroatoms. The van der Waals surface area contributed by atoms with Gasteiger partial charge < -0.3 is 14.7 Å². The predicted molar refractivity (Wildman–Crippen MR) is 178 cm³/mol. The second kappa shape index (κ2) is 19.2. The first-order valence-corrected chi connectivity index (χ1v) is 18.6. The number of carbonyl (C=O) groups excluding carboxylic acids is 1. The van der Waals surface area contributed by atoms with Crippen molar-refractivity contribution in [1.82, 2.24) is 4.90 Å². The Hall–Kier alpha value is -2.92. The van der Waals surface area contributed by atoms with Gasteiger partial charge in [0, 0.05) is 12.8 Å². The fourth-order valence-corrected chi connectivity index (χ4v) is 7.67. The molecule has 1 N–H and O–H groups in total. The molecule has 3 rings (SSSR count). The SMILES string of the molecule is COC(=O)CCCN(CCCCCCC1=C(c2ccc(F)cc2)CCCc2cc(O)ccc21)CCCCS(=O)(=O)CCCC(F)(F)F. The summed E-state index contributed by atoms with van der Waals surface area (Å²) in [5.41, 5.74) is 5.79. The molecule has 2 aromatic rings. The molecular weight excluding hydrogens is 634 g/mol. The number of rotatable bonds is 20. The third kappa shape index (κ3) is 14.4. The third-order valence-electron chi connectivity index (χ3n) is 8.67. The van der Waals surface area contributed by atoms with E-state index in [0.29, 0.717) is 38.8 Å². The highest BCUT2D eigenvalue weighted by Gasteiger charge is 2.27. The van der Waals surface area contributed by atoms with Crippen molar-refractivity contribution < 1.29 is 40.6 Å². The zero-order valence-corrected chi connectivity index (χ0v) is 28.2. The average molecular weight is 684 g/mol. The van der Waals surface area contributed by atoms with Gasteiger partial charge in [0.05, 0.1) is 18.6 Å². The fourth-order valence-electron chi connectivity index (χ4n) is 6.23. The second-order valence-corrected chi connectivity index (χ2v) is 14.7. The number of nitrogens with zero attached hydrogens (tertiary/aromatic N) is 1. The number of alkyl halides is 3. The molecule has 1 aliphatic carbocycles. The number of phenolic OH excluding ortho intramolecular Hbond substituents is 1. The van der Waals surface area contributed by atoms with Crippen LogP contribution in [0.3, 0.4) is 0 Å². The van der Waals surface area contributed by atoms with Crippen LogP contribution in [0.25, 0.3) is 11.1 Å². The van der Waals surface area contributed by atoms with Gasteiger partial charge in [-0.1, -0.05) is 31.0 Å². The van der Waals surface area contributed by atoms with E-state index in [4.69, 9.17) is 4.74 Å². The molecule has 0 bridgehead atoms. The van der Waals surface area contributed by atoms with Crippen molar-refractivity contribution in [2.45, 2.75) is 96.1 Å². The first kappa shape index (κ1) is 38.5. The van der Waals surface area contributed by atoms with Crippen LogP contribution >= 0.6 is 0 Å². The number of sulfone groups is 1. The molecule has 0 spiro atoms. The summed E-state index contributed by atoms with van der Waals surface area (Å²) in [6, 6.07) is 12.2. The Morgan fingerprint density at radius 1 is 0.872 bits per heavy atom.